The number of anilines is 1. The number of phenols is 1. The lowest BCUT2D eigenvalue weighted by Crippen LogP contribution is -2.37. The molecule has 1 N–H and O–H groups in total. The summed E-state index contributed by atoms with van der Waals surface area (Å²) < 4.78 is 5.13. The highest BCUT2D eigenvalue weighted by Gasteiger charge is 2.24. The predicted molar refractivity (Wildman–Crippen MR) is 87.8 cm³/mol. The van der Waals surface area contributed by atoms with E-state index in [1.807, 2.05) is 6.07 Å². The molecule has 0 aliphatic carbocycles. The summed E-state index contributed by atoms with van der Waals surface area (Å²) in [6.07, 6.45) is -1.01. The zero-order chi connectivity index (χ0) is 17.0. The van der Waals surface area contributed by atoms with Gasteiger partial charge in [0.05, 0.1) is 0 Å². The highest BCUT2D eigenvalue weighted by Crippen LogP contribution is 2.23. The first-order chi connectivity index (χ1) is 10.9. The average Bonchev–Trinajstić information content (AvgIpc) is 2.56. The van der Waals surface area contributed by atoms with E-state index < -0.39 is 12.1 Å². The highest BCUT2D eigenvalue weighted by molar-refractivity contribution is 6.31. The molecule has 1 atom stereocenters. The van der Waals surface area contributed by atoms with Gasteiger partial charge in [-0.1, -0.05) is 29.8 Å². The van der Waals surface area contributed by atoms with Crippen molar-refractivity contribution in [1.29, 1.82) is 0 Å². The van der Waals surface area contributed by atoms with Crippen molar-refractivity contribution in [3.63, 3.8) is 0 Å². The zero-order valence-corrected chi connectivity index (χ0v) is 13.4. The van der Waals surface area contributed by atoms with Crippen LogP contribution in [0, 0.1) is 0 Å². The molecule has 0 aliphatic rings. The van der Waals surface area contributed by atoms with Gasteiger partial charge >= 0.3 is 5.97 Å². The summed E-state index contributed by atoms with van der Waals surface area (Å²) in [6, 6.07) is 13.0. The third-order valence-electron chi connectivity index (χ3n) is 3.28. The summed E-state index contributed by atoms with van der Waals surface area (Å²) in [4.78, 5) is 25.8. The average molecular weight is 334 g/mol. The van der Waals surface area contributed by atoms with Crippen LogP contribution < -0.4 is 4.90 Å². The van der Waals surface area contributed by atoms with E-state index in [1.54, 1.807) is 31.3 Å². The van der Waals surface area contributed by atoms with E-state index in [-0.39, 0.29) is 22.2 Å². The Labute approximate surface area is 139 Å². The number of phenolic OH excluding ortho intramolecular Hbond substituents is 1. The second-order valence-corrected chi connectivity index (χ2v) is 5.38. The maximum Gasteiger partial charge on any atom is 0.342 e. The van der Waals surface area contributed by atoms with Gasteiger partial charge in [-0.25, -0.2) is 4.79 Å². The molecule has 0 fully saturated rings. The minimum absolute atomic E-state index is 0.0838. The number of ether oxygens (including phenoxy) is 1. The van der Waals surface area contributed by atoms with Gasteiger partial charge in [0.15, 0.2) is 6.10 Å². The van der Waals surface area contributed by atoms with Gasteiger partial charge in [0.1, 0.15) is 11.3 Å². The number of hydrogen-bond acceptors (Lipinski definition) is 4. The van der Waals surface area contributed by atoms with E-state index in [9.17, 15) is 14.7 Å². The summed E-state index contributed by atoms with van der Waals surface area (Å²) in [7, 11) is 1.60. The first-order valence-electron chi connectivity index (χ1n) is 6.92. The maximum atomic E-state index is 12.3. The third kappa shape index (κ3) is 4.02. The number of carbonyl (C=O) groups excluding carboxylic acids is 2. The quantitative estimate of drug-likeness (QED) is 0.872. The molecule has 23 heavy (non-hydrogen) atoms. The number of amides is 1. The summed E-state index contributed by atoms with van der Waals surface area (Å²) in [5.41, 5.74) is 0.602. The van der Waals surface area contributed by atoms with Crippen molar-refractivity contribution in [3.8, 4) is 5.75 Å². The van der Waals surface area contributed by atoms with Gasteiger partial charge in [0.2, 0.25) is 0 Å². The lowest BCUT2D eigenvalue weighted by atomic mass is 10.2. The molecule has 0 radical (unpaired) electrons. The van der Waals surface area contributed by atoms with Crippen LogP contribution in [0.1, 0.15) is 17.3 Å². The van der Waals surface area contributed by atoms with E-state index in [1.165, 1.54) is 30.0 Å². The number of carbonyl (C=O) groups is 2. The molecule has 0 aromatic heterocycles. The standard InChI is InChI=1S/C17H16ClNO4/c1-11(16(21)19(2)13-6-4-3-5-7-13)23-17(22)14-10-12(18)8-9-15(14)20/h3-11,20H,1-2H3/t11-/m1/s1. The minimum atomic E-state index is -1.01. The first kappa shape index (κ1) is 16.8. The molecule has 2 rings (SSSR count). The van der Waals surface area contributed by atoms with Crippen molar-refractivity contribution in [3.05, 3.63) is 59.1 Å². The van der Waals surface area contributed by atoms with Gasteiger partial charge in [-0.3, -0.25) is 4.79 Å². The normalized spacial score (nSPS) is 11.6. The number of para-hydroxylation sites is 1. The van der Waals surface area contributed by atoms with Crippen LogP contribution in [0.15, 0.2) is 48.5 Å². The van der Waals surface area contributed by atoms with Crippen molar-refractivity contribution >= 4 is 29.2 Å². The molecule has 0 bridgehead atoms. The highest BCUT2D eigenvalue weighted by atomic mass is 35.5. The molecule has 0 heterocycles. The number of likely N-dealkylation sites (N-methyl/N-ethyl adjacent to an activating group) is 1. The molecule has 5 nitrogen and oxygen atoms in total. The number of halogens is 1. The first-order valence-corrected chi connectivity index (χ1v) is 7.30. The largest absolute Gasteiger partial charge is 0.507 e. The van der Waals surface area contributed by atoms with Gasteiger partial charge in [-0.05, 0) is 37.3 Å². The van der Waals surface area contributed by atoms with Gasteiger partial charge in [-0.2, -0.15) is 0 Å². The van der Waals surface area contributed by atoms with Crippen LogP contribution >= 0.6 is 11.6 Å². The lowest BCUT2D eigenvalue weighted by molar-refractivity contribution is -0.126. The number of hydrogen-bond donors (Lipinski definition) is 1. The molecule has 0 saturated heterocycles. The Morgan fingerprint density at radius 3 is 2.48 bits per heavy atom. The molecule has 6 heteroatoms. The van der Waals surface area contributed by atoms with Crippen LogP contribution in [-0.4, -0.2) is 30.1 Å². The smallest absolute Gasteiger partial charge is 0.342 e. The van der Waals surface area contributed by atoms with Gasteiger partial charge < -0.3 is 14.7 Å². The van der Waals surface area contributed by atoms with Crippen molar-refractivity contribution < 1.29 is 19.4 Å². The fraction of sp³-hybridized carbons (Fsp3) is 0.176. The second kappa shape index (κ2) is 7.15. The monoisotopic (exact) mass is 333 g/mol. The maximum absolute atomic E-state index is 12.3. The lowest BCUT2D eigenvalue weighted by Gasteiger charge is -2.21. The van der Waals surface area contributed by atoms with Crippen LogP contribution in [0.25, 0.3) is 0 Å². The van der Waals surface area contributed by atoms with E-state index in [0.717, 1.165) is 0 Å². The molecule has 0 saturated carbocycles. The number of benzene rings is 2. The van der Waals surface area contributed by atoms with Crippen molar-refractivity contribution in [2.45, 2.75) is 13.0 Å². The summed E-state index contributed by atoms with van der Waals surface area (Å²) >= 11 is 5.80. The molecular weight excluding hydrogens is 318 g/mol. The van der Waals surface area contributed by atoms with Crippen LogP contribution in [0.5, 0.6) is 5.75 Å². The van der Waals surface area contributed by atoms with E-state index in [0.29, 0.717) is 5.69 Å². The van der Waals surface area contributed by atoms with Crippen LogP contribution in [0.2, 0.25) is 5.02 Å². The Morgan fingerprint density at radius 2 is 1.83 bits per heavy atom. The summed E-state index contributed by atoms with van der Waals surface area (Å²) in [6.45, 7) is 1.47. The Morgan fingerprint density at radius 1 is 1.17 bits per heavy atom. The summed E-state index contributed by atoms with van der Waals surface area (Å²) in [5.74, 6) is -1.45. The van der Waals surface area contributed by atoms with Gasteiger partial charge in [0, 0.05) is 17.8 Å². The Balaban J connectivity index is 2.09. The van der Waals surface area contributed by atoms with Gasteiger partial charge in [-0.15, -0.1) is 0 Å². The zero-order valence-electron chi connectivity index (χ0n) is 12.7. The molecule has 120 valence electrons. The molecule has 2 aromatic rings. The molecule has 1 amide bonds. The molecule has 0 aliphatic heterocycles. The Bertz CT molecular complexity index is 718. The van der Waals surface area contributed by atoms with E-state index >= 15 is 0 Å². The SMILES string of the molecule is C[C@@H](OC(=O)c1cc(Cl)ccc1O)C(=O)N(C)c1ccccc1. The second-order valence-electron chi connectivity index (χ2n) is 4.94. The fourth-order valence-electron chi connectivity index (χ4n) is 2.00. The van der Waals surface area contributed by atoms with Gasteiger partial charge in [0.25, 0.3) is 5.91 Å². The van der Waals surface area contributed by atoms with Crippen molar-refractivity contribution in [1.82, 2.24) is 0 Å². The molecule has 0 unspecified atom stereocenters. The number of nitrogens with zero attached hydrogens (tertiary/aromatic N) is 1. The summed E-state index contributed by atoms with van der Waals surface area (Å²) in [5, 5.41) is 9.98. The number of aromatic hydroxyl groups is 1. The fourth-order valence-corrected chi connectivity index (χ4v) is 2.17. The van der Waals surface area contributed by atoms with Crippen LogP contribution in [0.4, 0.5) is 5.69 Å². The third-order valence-corrected chi connectivity index (χ3v) is 3.52. The van der Waals surface area contributed by atoms with Crippen LogP contribution in [0.3, 0.4) is 0 Å². The minimum Gasteiger partial charge on any atom is -0.507 e. The predicted octanol–water partition coefficient (Wildman–Crippen LogP) is 3.25. The molecule has 2 aromatic carbocycles. The number of esters is 1. The molecular formula is C17H16ClNO4. The topological polar surface area (TPSA) is 66.8 Å². The Kier molecular flexibility index (Phi) is 5.24. The van der Waals surface area contributed by atoms with Crippen molar-refractivity contribution in [2.75, 3.05) is 11.9 Å². The number of rotatable bonds is 4. The van der Waals surface area contributed by atoms with E-state index in [2.05, 4.69) is 0 Å². The van der Waals surface area contributed by atoms with Crippen LogP contribution in [-0.2, 0) is 9.53 Å². The Hall–Kier alpha value is -2.53. The van der Waals surface area contributed by atoms with Crippen molar-refractivity contribution in [2.24, 2.45) is 0 Å². The van der Waals surface area contributed by atoms with E-state index in [4.69, 9.17) is 16.3 Å². The molecule has 0 spiro atoms.